The molecule has 1 aliphatic rings. The van der Waals surface area contributed by atoms with Gasteiger partial charge in [-0.15, -0.1) is 0 Å². The highest BCUT2D eigenvalue weighted by atomic mass is 79.9. The van der Waals surface area contributed by atoms with Crippen LogP contribution >= 0.6 is 15.9 Å². The lowest BCUT2D eigenvalue weighted by Gasteiger charge is -2.11. The maximum absolute atomic E-state index is 13.1. The SMILES string of the molecule is CC(=O)c1cc2c(cc1NC(=O)COC(=O)c1ccc(F)cc1Br)OCO2. The van der Waals surface area contributed by atoms with Gasteiger partial charge in [0.1, 0.15) is 5.82 Å². The molecule has 0 aromatic heterocycles. The molecule has 1 heterocycles. The van der Waals surface area contributed by atoms with Crippen LogP contribution in [0.1, 0.15) is 27.6 Å². The lowest BCUT2D eigenvalue weighted by Crippen LogP contribution is -2.22. The molecular formula is C18H13BrFNO6. The van der Waals surface area contributed by atoms with E-state index in [-0.39, 0.29) is 33.9 Å². The van der Waals surface area contributed by atoms with Crippen molar-refractivity contribution in [3.05, 3.63) is 51.7 Å². The molecule has 0 bridgehead atoms. The molecule has 7 nitrogen and oxygen atoms in total. The third-order valence-electron chi connectivity index (χ3n) is 3.65. The Balaban J connectivity index is 1.67. The fourth-order valence-electron chi connectivity index (χ4n) is 2.39. The molecular weight excluding hydrogens is 425 g/mol. The molecule has 2 aromatic rings. The highest BCUT2D eigenvalue weighted by Crippen LogP contribution is 2.37. The zero-order chi connectivity index (χ0) is 19.6. The number of rotatable bonds is 5. The smallest absolute Gasteiger partial charge is 0.339 e. The summed E-state index contributed by atoms with van der Waals surface area (Å²) in [5.74, 6) is -1.45. The average Bonchev–Trinajstić information content (AvgIpc) is 3.06. The van der Waals surface area contributed by atoms with Gasteiger partial charge in [-0.25, -0.2) is 9.18 Å². The fraction of sp³-hybridized carbons (Fsp3) is 0.167. The maximum atomic E-state index is 13.1. The molecule has 0 spiro atoms. The molecule has 27 heavy (non-hydrogen) atoms. The molecule has 1 amide bonds. The van der Waals surface area contributed by atoms with Gasteiger partial charge in [0.05, 0.1) is 11.3 Å². The lowest BCUT2D eigenvalue weighted by molar-refractivity contribution is -0.119. The van der Waals surface area contributed by atoms with Gasteiger partial charge in [-0.3, -0.25) is 9.59 Å². The summed E-state index contributed by atoms with van der Waals surface area (Å²) >= 11 is 3.06. The van der Waals surface area contributed by atoms with Gasteiger partial charge in [-0.2, -0.15) is 0 Å². The van der Waals surface area contributed by atoms with Gasteiger partial charge in [-0.05, 0) is 47.1 Å². The Kier molecular flexibility index (Phi) is 5.41. The third-order valence-corrected chi connectivity index (χ3v) is 4.31. The first-order valence-corrected chi connectivity index (χ1v) is 8.51. The number of anilines is 1. The highest BCUT2D eigenvalue weighted by Gasteiger charge is 2.21. The number of amides is 1. The van der Waals surface area contributed by atoms with E-state index in [0.717, 1.165) is 12.1 Å². The van der Waals surface area contributed by atoms with E-state index < -0.39 is 24.3 Å². The molecule has 1 N–H and O–H groups in total. The standard InChI is InChI=1S/C18H13BrFNO6/c1-9(22)12-5-15-16(27-8-26-15)6-14(12)21-17(23)7-25-18(24)11-3-2-10(20)4-13(11)19/h2-6H,7-8H2,1H3,(H,21,23). The molecule has 0 fully saturated rings. The Labute approximate surface area is 161 Å². The number of hydrogen-bond acceptors (Lipinski definition) is 6. The van der Waals surface area contributed by atoms with E-state index in [2.05, 4.69) is 21.2 Å². The quantitative estimate of drug-likeness (QED) is 0.569. The number of halogens is 2. The van der Waals surface area contributed by atoms with Gasteiger partial charge >= 0.3 is 5.97 Å². The van der Waals surface area contributed by atoms with Gasteiger partial charge in [0.25, 0.3) is 5.91 Å². The first-order chi connectivity index (χ1) is 12.8. The maximum Gasteiger partial charge on any atom is 0.339 e. The molecule has 0 saturated heterocycles. The van der Waals surface area contributed by atoms with E-state index in [1.54, 1.807) is 0 Å². The van der Waals surface area contributed by atoms with Crippen molar-refractivity contribution in [2.45, 2.75) is 6.92 Å². The Hall–Kier alpha value is -2.94. The summed E-state index contributed by atoms with van der Waals surface area (Å²) in [6.45, 7) is 0.780. The number of esters is 1. The Morgan fingerprint density at radius 1 is 1.15 bits per heavy atom. The molecule has 0 aliphatic carbocycles. The Morgan fingerprint density at radius 3 is 2.52 bits per heavy atom. The van der Waals surface area contributed by atoms with Crippen LogP contribution in [0.3, 0.4) is 0 Å². The van der Waals surface area contributed by atoms with E-state index in [4.69, 9.17) is 14.2 Å². The van der Waals surface area contributed by atoms with Crippen molar-refractivity contribution < 1.29 is 33.0 Å². The molecule has 2 aromatic carbocycles. The van der Waals surface area contributed by atoms with E-state index in [1.165, 1.54) is 25.1 Å². The number of ether oxygens (including phenoxy) is 3. The highest BCUT2D eigenvalue weighted by molar-refractivity contribution is 9.10. The Bertz CT molecular complexity index is 946. The zero-order valence-corrected chi connectivity index (χ0v) is 15.6. The normalized spacial score (nSPS) is 11.8. The third kappa shape index (κ3) is 4.25. The van der Waals surface area contributed by atoms with Crippen molar-refractivity contribution in [3.63, 3.8) is 0 Å². The van der Waals surface area contributed by atoms with Gasteiger partial charge in [0.15, 0.2) is 23.9 Å². The predicted molar refractivity (Wildman–Crippen MR) is 95.6 cm³/mol. The van der Waals surface area contributed by atoms with Crippen LogP contribution in [0.25, 0.3) is 0 Å². The van der Waals surface area contributed by atoms with Crippen LogP contribution in [0.5, 0.6) is 11.5 Å². The minimum atomic E-state index is -0.797. The first kappa shape index (κ1) is 18.8. The fourth-order valence-corrected chi connectivity index (χ4v) is 2.90. The number of benzene rings is 2. The summed E-state index contributed by atoms with van der Waals surface area (Å²) in [5, 5.41) is 2.51. The van der Waals surface area contributed by atoms with E-state index >= 15 is 0 Å². The van der Waals surface area contributed by atoms with Crippen molar-refractivity contribution in [3.8, 4) is 11.5 Å². The van der Waals surface area contributed by atoms with Crippen molar-refractivity contribution >= 4 is 39.3 Å². The summed E-state index contributed by atoms with van der Waals surface area (Å²) in [4.78, 5) is 35.9. The van der Waals surface area contributed by atoms with Crippen molar-refractivity contribution in [2.75, 3.05) is 18.7 Å². The van der Waals surface area contributed by atoms with E-state index in [0.29, 0.717) is 11.5 Å². The summed E-state index contributed by atoms with van der Waals surface area (Å²) in [7, 11) is 0. The van der Waals surface area contributed by atoms with Gasteiger partial charge in [0, 0.05) is 16.1 Å². The van der Waals surface area contributed by atoms with Crippen LogP contribution in [0.15, 0.2) is 34.8 Å². The minimum Gasteiger partial charge on any atom is -0.454 e. The molecule has 0 unspecified atom stereocenters. The number of carbonyl (C=O) groups is 3. The molecule has 0 radical (unpaired) electrons. The summed E-state index contributed by atoms with van der Waals surface area (Å²) in [6.07, 6.45) is 0. The topological polar surface area (TPSA) is 90.9 Å². The zero-order valence-electron chi connectivity index (χ0n) is 14.0. The predicted octanol–water partition coefficient (Wildman–Crippen LogP) is 3.32. The summed E-state index contributed by atoms with van der Waals surface area (Å²) < 4.78 is 28.7. The van der Waals surface area contributed by atoms with E-state index in [9.17, 15) is 18.8 Å². The second kappa shape index (κ2) is 7.75. The lowest BCUT2D eigenvalue weighted by atomic mass is 10.1. The summed E-state index contributed by atoms with van der Waals surface area (Å²) in [5.41, 5.74) is 0.535. The van der Waals surface area contributed by atoms with Crippen LogP contribution in [0.4, 0.5) is 10.1 Å². The number of hydrogen-bond donors (Lipinski definition) is 1. The monoisotopic (exact) mass is 437 g/mol. The van der Waals surface area contributed by atoms with Crippen LogP contribution in [0.2, 0.25) is 0 Å². The molecule has 1 aliphatic heterocycles. The van der Waals surface area contributed by atoms with Crippen LogP contribution in [-0.4, -0.2) is 31.1 Å². The number of ketones is 1. The number of carbonyl (C=O) groups excluding carboxylic acids is 3. The van der Waals surface area contributed by atoms with Crippen molar-refractivity contribution in [2.24, 2.45) is 0 Å². The van der Waals surface area contributed by atoms with Gasteiger partial charge in [-0.1, -0.05) is 0 Å². The van der Waals surface area contributed by atoms with Gasteiger partial charge < -0.3 is 19.5 Å². The second-order valence-electron chi connectivity index (χ2n) is 5.56. The summed E-state index contributed by atoms with van der Waals surface area (Å²) in [6, 6.07) is 6.40. The molecule has 9 heteroatoms. The number of Topliss-reactive ketones (excluding diaryl/α,β-unsaturated/α-hetero) is 1. The average molecular weight is 438 g/mol. The molecule has 140 valence electrons. The number of fused-ring (bicyclic) bond motifs is 1. The second-order valence-corrected chi connectivity index (χ2v) is 6.41. The van der Waals surface area contributed by atoms with Gasteiger partial charge in [0.2, 0.25) is 6.79 Å². The first-order valence-electron chi connectivity index (χ1n) is 7.72. The van der Waals surface area contributed by atoms with Crippen LogP contribution in [0, 0.1) is 5.82 Å². The molecule has 0 saturated carbocycles. The van der Waals surface area contributed by atoms with Crippen LogP contribution < -0.4 is 14.8 Å². The molecule has 0 atom stereocenters. The molecule has 3 rings (SSSR count). The van der Waals surface area contributed by atoms with Crippen molar-refractivity contribution in [1.29, 1.82) is 0 Å². The van der Waals surface area contributed by atoms with Crippen LogP contribution in [-0.2, 0) is 9.53 Å². The number of nitrogens with one attached hydrogen (secondary N) is 1. The largest absolute Gasteiger partial charge is 0.454 e. The Morgan fingerprint density at radius 2 is 1.85 bits per heavy atom. The minimum absolute atomic E-state index is 0.0221. The van der Waals surface area contributed by atoms with E-state index in [1.807, 2.05) is 0 Å². The van der Waals surface area contributed by atoms with Crippen molar-refractivity contribution in [1.82, 2.24) is 0 Å².